The lowest BCUT2D eigenvalue weighted by molar-refractivity contribution is -0.119. The van der Waals surface area contributed by atoms with Gasteiger partial charge in [-0.1, -0.05) is 12.1 Å². The highest BCUT2D eigenvalue weighted by atomic mass is 16.2. The largest absolute Gasteiger partial charge is 0.320 e. The summed E-state index contributed by atoms with van der Waals surface area (Å²) in [5.41, 5.74) is 7.79. The number of rotatable bonds is 0. The third-order valence-electron chi connectivity index (χ3n) is 3.25. The van der Waals surface area contributed by atoms with E-state index in [0.717, 1.165) is 17.6 Å². The normalized spacial score (nSPS) is 20.5. The zero-order chi connectivity index (χ0) is 12.0. The number of anilines is 1. The van der Waals surface area contributed by atoms with Gasteiger partial charge in [-0.25, -0.2) is 4.98 Å². The number of amides is 1. The molecule has 17 heavy (non-hydrogen) atoms. The molecule has 0 aliphatic carbocycles. The average Bonchev–Trinajstić information content (AvgIpc) is 2.68. The number of aryl methyl sites for hydroxylation is 1. The number of hydrogen-bond donors (Lipinski definition) is 1. The molecule has 2 N–H and O–H groups in total. The van der Waals surface area contributed by atoms with Crippen molar-refractivity contribution in [2.75, 3.05) is 11.9 Å². The first kappa shape index (κ1) is 10.3. The van der Waals surface area contributed by atoms with Gasteiger partial charge in [0.15, 0.2) is 0 Å². The highest BCUT2D eigenvalue weighted by Crippen LogP contribution is 2.25. The molecule has 2 aromatic rings. The number of nitrogens with two attached hydrogens (primary N) is 1. The smallest absolute Gasteiger partial charge is 0.246 e. The number of likely N-dealkylation sites (N-methyl/N-ethyl adjacent to an activating group) is 1. The van der Waals surface area contributed by atoms with E-state index in [2.05, 4.69) is 9.55 Å². The van der Waals surface area contributed by atoms with Crippen molar-refractivity contribution in [1.29, 1.82) is 0 Å². The van der Waals surface area contributed by atoms with Gasteiger partial charge >= 0.3 is 0 Å². The van der Waals surface area contributed by atoms with Gasteiger partial charge in [0.2, 0.25) is 11.9 Å². The fourth-order valence-corrected chi connectivity index (χ4v) is 2.28. The van der Waals surface area contributed by atoms with Crippen LogP contribution in [0.5, 0.6) is 0 Å². The second-order valence-electron chi connectivity index (χ2n) is 4.34. The minimum absolute atomic E-state index is 0.0703. The summed E-state index contributed by atoms with van der Waals surface area (Å²) in [6.07, 6.45) is 0.649. The molecular weight excluding hydrogens is 216 g/mol. The molecule has 0 bridgehead atoms. The van der Waals surface area contributed by atoms with Crippen LogP contribution in [0.4, 0.5) is 5.95 Å². The van der Waals surface area contributed by atoms with Crippen molar-refractivity contribution >= 4 is 22.9 Å². The molecule has 0 spiro atoms. The molecule has 1 unspecified atom stereocenters. The summed E-state index contributed by atoms with van der Waals surface area (Å²) in [6.45, 7) is 0.729. The summed E-state index contributed by atoms with van der Waals surface area (Å²) < 4.78 is 2.06. The molecule has 1 amide bonds. The fourth-order valence-electron chi connectivity index (χ4n) is 2.28. The Morgan fingerprint density at radius 3 is 3.00 bits per heavy atom. The molecule has 1 aromatic heterocycles. The first-order chi connectivity index (χ1) is 8.18. The Hall–Kier alpha value is -1.88. The summed E-state index contributed by atoms with van der Waals surface area (Å²) in [7, 11) is 1.73. The third kappa shape index (κ3) is 1.43. The minimum Gasteiger partial charge on any atom is -0.320 e. The molecule has 1 aliphatic heterocycles. The first-order valence-electron chi connectivity index (χ1n) is 5.67. The zero-order valence-electron chi connectivity index (χ0n) is 9.63. The van der Waals surface area contributed by atoms with Crippen molar-refractivity contribution in [2.24, 2.45) is 5.73 Å². The van der Waals surface area contributed by atoms with Gasteiger partial charge in [-0.2, -0.15) is 0 Å². The van der Waals surface area contributed by atoms with Gasteiger partial charge in [-0.05, 0) is 18.6 Å². The summed E-state index contributed by atoms with van der Waals surface area (Å²) in [6, 6.07) is 7.46. The molecule has 1 aromatic carbocycles. The maximum Gasteiger partial charge on any atom is 0.246 e. The van der Waals surface area contributed by atoms with Crippen molar-refractivity contribution in [3.63, 3.8) is 0 Å². The van der Waals surface area contributed by atoms with Crippen LogP contribution in [0.25, 0.3) is 11.0 Å². The van der Waals surface area contributed by atoms with E-state index in [1.54, 1.807) is 11.9 Å². The number of aromatic nitrogens is 2. The quantitative estimate of drug-likeness (QED) is 0.725. The van der Waals surface area contributed by atoms with Crippen molar-refractivity contribution in [2.45, 2.75) is 19.0 Å². The molecule has 0 radical (unpaired) electrons. The first-order valence-corrected chi connectivity index (χ1v) is 5.67. The van der Waals surface area contributed by atoms with Gasteiger partial charge in [0.05, 0.1) is 17.1 Å². The Balaban J connectivity index is 2.23. The highest BCUT2D eigenvalue weighted by molar-refractivity contribution is 5.97. The molecule has 3 rings (SSSR count). The van der Waals surface area contributed by atoms with E-state index in [-0.39, 0.29) is 5.91 Å². The van der Waals surface area contributed by atoms with Crippen LogP contribution in [0.3, 0.4) is 0 Å². The SMILES string of the molecule is CN1C(=O)C(N)CCn2c1nc1ccccc12. The second kappa shape index (κ2) is 3.56. The molecule has 0 saturated carbocycles. The van der Waals surface area contributed by atoms with Crippen LogP contribution < -0.4 is 10.6 Å². The highest BCUT2D eigenvalue weighted by Gasteiger charge is 2.27. The van der Waals surface area contributed by atoms with Crippen LogP contribution in [-0.2, 0) is 11.3 Å². The van der Waals surface area contributed by atoms with E-state index in [0.29, 0.717) is 12.4 Å². The average molecular weight is 230 g/mol. The summed E-state index contributed by atoms with van der Waals surface area (Å²) >= 11 is 0. The topological polar surface area (TPSA) is 64.2 Å². The van der Waals surface area contributed by atoms with Crippen LogP contribution in [0.2, 0.25) is 0 Å². The van der Waals surface area contributed by atoms with E-state index in [1.165, 1.54) is 0 Å². The van der Waals surface area contributed by atoms with Crippen molar-refractivity contribution in [3.8, 4) is 0 Å². The zero-order valence-corrected chi connectivity index (χ0v) is 9.63. The third-order valence-corrected chi connectivity index (χ3v) is 3.25. The van der Waals surface area contributed by atoms with Gasteiger partial charge < -0.3 is 10.3 Å². The fraction of sp³-hybridized carbons (Fsp3) is 0.333. The van der Waals surface area contributed by atoms with Gasteiger partial charge in [0, 0.05) is 13.6 Å². The number of fused-ring (bicyclic) bond motifs is 3. The molecule has 5 heteroatoms. The molecular formula is C12H14N4O. The van der Waals surface area contributed by atoms with E-state index in [9.17, 15) is 4.79 Å². The molecule has 5 nitrogen and oxygen atoms in total. The van der Waals surface area contributed by atoms with Gasteiger partial charge in [-0.15, -0.1) is 0 Å². The molecule has 1 aliphatic rings. The molecule has 1 atom stereocenters. The van der Waals surface area contributed by atoms with E-state index >= 15 is 0 Å². The molecule has 0 fully saturated rings. The standard InChI is InChI=1S/C12H14N4O/c1-15-11(17)8(13)6-7-16-10-5-3-2-4-9(10)14-12(15)16/h2-5,8H,6-7,13H2,1H3. The Bertz CT molecular complexity index is 589. The number of hydrogen-bond acceptors (Lipinski definition) is 3. The summed E-state index contributed by atoms with van der Waals surface area (Å²) in [4.78, 5) is 18.0. The number of para-hydroxylation sites is 2. The summed E-state index contributed by atoms with van der Waals surface area (Å²) in [5.74, 6) is 0.614. The number of nitrogens with zero attached hydrogens (tertiary/aromatic N) is 3. The number of carbonyl (C=O) groups excluding carboxylic acids is 1. The second-order valence-corrected chi connectivity index (χ2v) is 4.34. The van der Waals surface area contributed by atoms with E-state index < -0.39 is 6.04 Å². The predicted molar refractivity (Wildman–Crippen MR) is 65.7 cm³/mol. The van der Waals surface area contributed by atoms with E-state index in [1.807, 2.05) is 24.3 Å². The Labute approximate surface area is 98.8 Å². The van der Waals surface area contributed by atoms with Gasteiger partial charge in [-0.3, -0.25) is 9.69 Å². The van der Waals surface area contributed by atoms with Crippen LogP contribution in [0.15, 0.2) is 24.3 Å². The van der Waals surface area contributed by atoms with Crippen LogP contribution in [-0.4, -0.2) is 28.5 Å². The monoisotopic (exact) mass is 230 g/mol. The molecule has 2 heterocycles. The van der Waals surface area contributed by atoms with Gasteiger partial charge in [0.1, 0.15) is 0 Å². The van der Waals surface area contributed by atoms with Crippen LogP contribution >= 0.6 is 0 Å². The lowest BCUT2D eigenvalue weighted by Crippen LogP contribution is -2.40. The maximum atomic E-state index is 11.9. The number of carbonyl (C=O) groups is 1. The Morgan fingerprint density at radius 2 is 2.18 bits per heavy atom. The van der Waals surface area contributed by atoms with Crippen LogP contribution in [0.1, 0.15) is 6.42 Å². The van der Waals surface area contributed by atoms with Crippen molar-refractivity contribution < 1.29 is 4.79 Å². The van der Waals surface area contributed by atoms with E-state index in [4.69, 9.17) is 5.73 Å². The van der Waals surface area contributed by atoms with Gasteiger partial charge in [0.25, 0.3) is 0 Å². The Morgan fingerprint density at radius 1 is 1.41 bits per heavy atom. The van der Waals surface area contributed by atoms with Crippen LogP contribution in [0, 0.1) is 0 Å². The number of benzene rings is 1. The Kier molecular flexibility index (Phi) is 2.16. The predicted octanol–water partition coefficient (Wildman–Crippen LogP) is 0.730. The van der Waals surface area contributed by atoms with Crippen molar-refractivity contribution in [1.82, 2.24) is 9.55 Å². The molecule has 0 saturated heterocycles. The lowest BCUT2D eigenvalue weighted by Gasteiger charge is -2.15. The summed E-state index contributed by atoms with van der Waals surface area (Å²) in [5, 5.41) is 0. The van der Waals surface area contributed by atoms with Crippen molar-refractivity contribution in [3.05, 3.63) is 24.3 Å². The maximum absolute atomic E-state index is 11.9. The lowest BCUT2D eigenvalue weighted by atomic mass is 10.2. The molecule has 88 valence electrons. The number of imidazole rings is 1. The minimum atomic E-state index is -0.430.